The van der Waals surface area contributed by atoms with Crippen LogP contribution in [0.25, 0.3) is 0 Å². The number of rotatable bonds is 3. The van der Waals surface area contributed by atoms with E-state index in [-0.39, 0.29) is 11.9 Å². The van der Waals surface area contributed by atoms with Crippen LogP contribution in [-0.2, 0) is 4.79 Å². The molecule has 0 saturated carbocycles. The number of likely N-dealkylation sites (tertiary alicyclic amines) is 1. The van der Waals surface area contributed by atoms with Crippen LogP contribution in [0, 0.1) is 11.5 Å². The first kappa shape index (κ1) is 17.5. The van der Waals surface area contributed by atoms with Gasteiger partial charge in [-0.2, -0.15) is 5.26 Å². The van der Waals surface area contributed by atoms with E-state index in [1.807, 2.05) is 66.8 Å². The zero-order valence-electron chi connectivity index (χ0n) is 14.5. The maximum absolute atomic E-state index is 12.5. The zero-order valence-corrected chi connectivity index (χ0v) is 14.5. The van der Waals surface area contributed by atoms with Crippen molar-refractivity contribution in [1.29, 1.82) is 5.26 Å². The highest BCUT2D eigenvalue weighted by Gasteiger charge is 2.23. The van der Waals surface area contributed by atoms with Crippen LogP contribution in [-0.4, -0.2) is 29.9 Å². The fraction of sp³-hybridized carbons (Fsp3) is 0.182. The molecule has 3 aliphatic rings. The second-order valence-electron chi connectivity index (χ2n) is 6.22. The summed E-state index contributed by atoms with van der Waals surface area (Å²) in [5, 5.41) is 11.9. The van der Waals surface area contributed by atoms with Gasteiger partial charge in [-0.3, -0.25) is 4.79 Å². The minimum Gasteiger partial charge on any atom is -0.347 e. The zero-order chi connectivity index (χ0) is 18.2. The Bertz CT molecular complexity index is 841. The maximum Gasteiger partial charge on any atom is 0.251 e. The van der Waals surface area contributed by atoms with Gasteiger partial charge >= 0.3 is 0 Å². The molecular weight excluding hydrogens is 322 g/mol. The van der Waals surface area contributed by atoms with E-state index in [4.69, 9.17) is 5.26 Å². The molecule has 0 radical (unpaired) electrons. The van der Waals surface area contributed by atoms with Crippen molar-refractivity contribution in [2.45, 2.75) is 12.5 Å². The summed E-state index contributed by atoms with van der Waals surface area (Å²) in [6.07, 6.45) is 28.5. The molecule has 1 heterocycles. The number of nitrogens with one attached hydrogen (secondary N) is 1. The Morgan fingerprint density at radius 1 is 0.962 bits per heavy atom. The van der Waals surface area contributed by atoms with Crippen molar-refractivity contribution in [2.75, 3.05) is 13.1 Å². The van der Waals surface area contributed by atoms with Crippen molar-refractivity contribution >= 4 is 5.91 Å². The van der Waals surface area contributed by atoms with E-state index in [0.29, 0.717) is 18.7 Å². The number of hydrogen-bond acceptors (Lipinski definition) is 3. The van der Waals surface area contributed by atoms with E-state index in [9.17, 15) is 4.79 Å². The highest BCUT2D eigenvalue weighted by molar-refractivity contribution is 5.96. The average Bonchev–Trinajstić information content (AvgIpc) is 3.03. The van der Waals surface area contributed by atoms with E-state index < -0.39 is 0 Å². The molecule has 4 heteroatoms. The van der Waals surface area contributed by atoms with Crippen molar-refractivity contribution in [3.05, 3.63) is 95.7 Å². The molecule has 1 amide bonds. The molecule has 0 aromatic rings. The minimum atomic E-state index is -0.106. The standard InChI is InChI=1S/C22H21N3O/c23-17-25-15-14-21(16-25)24-22(26)20-12-6-10-19(11-7-13-20)18-8-4-2-1-3-5-9-18/h1-13,21H,14-16H2,(H,24,26)/b2-1-,3-1?,4-2?,5-3-,8-4-,9-5?,10-6-,11-7?,12-6?,13-7-,18-8?,18-9+,19-10?,19-11+,20-12+,20-13?/t21-/m1/s1. The molecule has 0 bridgehead atoms. The van der Waals surface area contributed by atoms with Gasteiger partial charge in [0.15, 0.2) is 6.19 Å². The van der Waals surface area contributed by atoms with Gasteiger partial charge in [0.2, 0.25) is 0 Å². The lowest BCUT2D eigenvalue weighted by molar-refractivity contribution is -0.117. The molecule has 1 aliphatic heterocycles. The molecular formula is C22H21N3O. The van der Waals surface area contributed by atoms with Gasteiger partial charge in [-0.25, -0.2) is 0 Å². The first-order valence-corrected chi connectivity index (χ1v) is 8.70. The molecule has 0 aromatic heterocycles. The van der Waals surface area contributed by atoms with Gasteiger partial charge in [-0.1, -0.05) is 66.8 Å². The predicted molar refractivity (Wildman–Crippen MR) is 104 cm³/mol. The van der Waals surface area contributed by atoms with Gasteiger partial charge in [-0.15, -0.1) is 0 Å². The van der Waals surface area contributed by atoms with Crippen molar-refractivity contribution in [1.82, 2.24) is 10.2 Å². The molecule has 1 atom stereocenters. The topological polar surface area (TPSA) is 56.1 Å². The van der Waals surface area contributed by atoms with Crippen LogP contribution in [0.3, 0.4) is 0 Å². The monoisotopic (exact) mass is 343 g/mol. The quantitative estimate of drug-likeness (QED) is 0.801. The first-order valence-electron chi connectivity index (χ1n) is 8.70. The molecule has 1 N–H and O–H groups in total. The predicted octanol–water partition coefficient (Wildman–Crippen LogP) is 3.25. The molecule has 0 spiro atoms. The summed E-state index contributed by atoms with van der Waals surface area (Å²) in [6.45, 7) is 1.29. The fourth-order valence-electron chi connectivity index (χ4n) is 2.96. The van der Waals surface area contributed by atoms with Crippen LogP contribution < -0.4 is 5.32 Å². The van der Waals surface area contributed by atoms with Gasteiger partial charge in [0.05, 0.1) is 0 Å². The van der Waals surface area contributed by atoms with E-state index >= 15 is 0 Å². The Hall–Kier alpha value is -3.32. The summed E-state index contributed by atoms with van der Waals surface area (Å²) in [5.41, 5.74) is 2.79. The lowest BCUT2D eigenvalue weighted by atomic mass is 10.0. The van der Waals surface area contributed by atoms with Crippen LogP contribution in [0.1, 0.15) is 6.42 Å². The highest BCUT2D eigenvalue weighted by Crippen LogP contribution is 2.18. The molecule has 4 nitrogen and oxygen atoms in total. The number of nitrogens with zero attached hydrogens (tertiary/aromatic N) is 2. The molecule has 1 fully saturated rings. The summed E-state index contributed by atoms with van der Waals surface area (Å²) in [5.74, 6) is -0.106. The van der Waals surface area contributed by atoms with Gasteiger partial charge < -0.3 is 10.2 Å². The largest absolute Gasteiger partial charge is 0.347 e. The summed E-state index contributed by atoms with van der Waals surface area (Å²) < 4.78 is 0. The van der Waals surface area contributed by atoms with Gasteiger partial charge in [0.25, 0.3) is 5.91 Å². The number of nitriles is 1. The normalized spacial score (nSPS) is 33.9. The van der Waals surface area contributed by atoms with Gasteiger partial charge in [-0.05, 0) is 29.7 Å². The summed E-state index contributed by atoms with van der Waals surface area (Å²) in [7, 11) is 0. The Labute approximate surface area is 154 Å². The van der Waals surface area contributed by atoms with Crippen molar-refractivity contribution in [3.8, 4) is 6.19 Å². The molecule has 26 heavy (non-hydrogen) atoms. The van der Waals surface area contributed by atoms with Crippen LogP contribution >= 0.6 is 0 Å². The first-order chi connectivity index (χ1) is 12.8. The maximum atomic E-state index is 12.5. The Morgan fingerprint density at radius 3 is 2.46 bits per heavy atom. The number of allylic oxidation sites excluding steroid dienone is 14. The lowest BCUT2D eigenvalue weighted by Crippen LogP contribution is -2.37. The van der Waals surface area contributed by atoms with E-state index in [1.54, 1.807) is 4.90 Å². The minimum absolute atomic E-state index is 0.0297. The number of hydrogen-bond donors (Lipinski definition) is 1. The number of carbonyl (C=O) groups is 1. The Kier molecular flexibility index (Phi) is 5.84. The van der Waals surface area contributed by atoms with Crippen LogP contribution in [0.5, 0.6) is 0 Å². The van der Waals surface area contributed by atoms with E-state index in [2.05, 4.69) is 23.7 Å². The smallest absolute Gasteiger partial charge is 0.251 e. The second kappa shape index (κ2) is 8.68. The average molecular weight is 343 g/mol. The molecule has 0 aromatic carbocycles. The number of amides is 1. The molecule has 2 aliphatic carbocycles. The second-order valence-corrected chi connectivity index (χ2v) is 6.22. The fourth-order valence-corrected chi connectivity index (χ4v) is 2.96. The van der Waals surface area contributed by atoms with Crippen molar-refractivity contribution < 1.29 is 4.79 Å². The summed E-state index contributed by atoms with van der Waals surface area (Å²) in [4.78, 5) is 14.1. The van der Waals surface area contributed by atoms with Gasteiger partial charge in [0, 0.05) is 24.7 Å². The molecule has 0 unspecified atom stereocenters. The van der Waals surface area contributed by atoms with Crippen LogP contribution in [0.4, 0.5) is 0 Å². The summed E-state index contributed by atoms with van der Waals surface area (Å²) >= 11 is 0. The number of carbonyl (C=O) groups excluding carboxylic acids is 1. The van der Waals surface area contributed by atoms with E-state index in [0.717, 1.165) is 17.6 Å². The summed E-state index contributed by atoms with van der Waals surface area (Å²) in [6, 6.07) is 0.0297. The Balaban J connectivity index is 1.65. The van der Waals surface area contributed by atoms with E-state index in [1.165, 1.54) is 0 Å². The van der Waals surface area contributed by atoms with Crippen molar-refractivity contribution in [3.63, 3.8) is 0 Å². The van der Waals surface area contributed by atoms with Crippen LogP contribution in [0.15, 0.2) is 95.7 Å². The highest BCUT2D eigenvalue weighted by atomic mass is 16.1. The molecule has 1 saturated heterocycles. The molecule has 130 valence electrons. The third-order valence-corrected chi connectivity index (χ3v) is 4.36. The Morgan fingerprint density at radius 2 is 1.65 bits per heavy atom. The molecule has 3 rings (SSSR count). The van der Waals surface area contributed by atoms with Crippen LogP contribution in [0.2, 0.25) is 0 Å². The SMILES string of the molecule is N#CN1CC[C@@H](NC(=O)C2=C\C=C/C(C3=C/C=C\C=C/C=C\3)=C\C=C/2)C1. The third kappa shape index (κ3) is 4.61. The van der Waals surface area contributed by atoms with Gasteiger partial charge in [0.1, 0.15) is 0 Å². The third-order valence-electron chi connectivity index (χ3n) is 4.36. The lowest BCUT2D eigenvalue weighted by Gasteiger charge is -2.13. The van der Waals surface area contributed by atoms with Crippen molar-refractivity contribution in [2.24, 2.45) is 0 Å².